The number of carboxylic acid groups (broad SMARTS) is 4. The molecule has 0 aliphatic heterocycles. The van der Waals surface area contributed by atoms with Gasteiger partial charge in [0, 0.05) is 10.4 Å². The van der Waals surface area contributed by atoms with Crippen molar-refractivity contribution < 1.29 is 124 Å². The van der Waals surface area contributed by atoms with Crippen LogP contribution >= 0.6 is 0 Å². The monoisotopic (exact) mass is 364 g/mol. The second-order valence-corrected chi connectivity index (χ2v) is 3.13. The van der Waals surface area contributed by atoms with E-state index in [1.54, 1.807) is 0 Å². The van der Waals surface area contributed by atoms with E-state index in [2.05, 4.69) is 0 Å². The van der Waals surface area contributed by atoms with Crippen molar-refractivity contribution in [1.82, 2.24) is 0 Å². The SMILES string of the molecule is O=C(O)O.O=C(O)O.O=S(=O)(O)O.O=S(=O)([O-])[O-].[Na+].[Na+]. The van der Waals surface area contributed by atoms with Crippen LogP contribution in [-0.4, -0.2) is 67.8 Å². The molecular weight excluding hydrogens is 358 g/mol. The van der Waals surface area contributed by atoms with Crippen molar-refractivity contribution in [1.29, 1.82) is 0 Å². The Kier molecular flexibility index (Phi) is 35.6. The Morgan fingerprint density at radius 1 is 0.700 bits per heavy atom. The molecule has 0 fully saturated rings. The molecule has 0 amide bonds. The zero-order chi connectivity index (χ0) is 16.2. The van der Waals surface area contributed by atoms with Gasteiger partial charge in [-0.3, -0.25) is 17.5 Å². The van der Waals surface area contributed by atoms with Crippen molar-refractivity contribution in [3.05, 3.63) is 0 Å². The third-order valence-electron chi connectivity index (χ3n) is 0. The summed E-state index contributed by atoms with van der Waals surface area (Å²) >= 11 is 0. The minimum atomic E-state index is -5.17. The van der Waals surface area contributed by atoms with Crippen LogP contribution in [0.3, 0.4) is 0 Å². The predicted octanol–water partition coefficient (Wildman–Crippen LogP) is -7.54. The number of hydrogen-bond acceptors (Lipinski definition) is 8. The Hall–Kier alpha value is 0.280. The maximum atomic E-state index is 8.74. The molecule has 0 aliphatic rings. The summed E-state index contributed by atoms with van der Waals surface area (Å²) in [4.78, 5) is 17.1. The molecule has 0 heterocycles. The second-order valence-electron chi connectivity index (χ2n) is 1.42. The molecule has 0 atom stereocenters. The molecule has 6 N–H and O–H groups in total. The quantitative estimate of drug-likeness (QED) is 0.132. The van der Waals surface area contributed by atoms with Crippen molar-refractivity contribution in [3.63, 3.8) is 0 Å². The summed E-state index contributed by atoms with van der Waals surface area (Å²) in [6.45, 7) is 0. The zero-order valence-electron chi connectivity index (χ0n) is 9.77. The Balaban J connectivity index is -0.0000000318. The smallest absolute Gasteiger partial charge is 0.759 e. The Morgan fingerprint density at radius 3 is 0.700 bits per heavy atom. The molecule has 0 saturated heterocycles. The van der Waals surface area contributed by atoms with Crippen LogP contribution in [0.25, 0.3) is 0 Å². The van der Waals surface area contributed by atoms with E-state index in [4.69, 9.17) is 65.1 Å². The van der Waals surface area contributed by atoms with Gasteiger partial charge in [0.15, 0.2) is 0 Å². The molecule has 0 radical (unpaired) electrons. The van der Waals surface area contributed by atoms with Crippen LogP contribution in [0.15, 0.2) is 0 Å². The number of rotatable bonds is 0. The average Bonchev–Trinajstić information content (AvgIpc) is 1.70. The molecule has 18 heteroatoms. The third kappa shape index (κ3) is 69600. The van der Waals surface area contributed by atoms with Crippen LogP contribution in [-0.2, 0) is 20.8 Å². The van der Waals surface area contributed by atoms with Crippen LogP contribution in [0.5, 0.6) is 0 Å². The molecule has 0 rings (SSSR count). The van der Waals surface area contributed by atoms with E-state index in [1.807, 2.05) is 0 Å². The second kappa shape index (κ2) is 19.3. The normalized spacial score (nSPS) is 8.20. The van der Waals surface area contributed by atoms with Gasteiger partial charge in [0.05, 0.1) is 0 Å². The van der Waals surface area contributed by atoms with E-state index in [0.29, 0.717) is 0 Å². The van der Waals surface area contributed by atoms with Gasteiger partial charge in [-0.2, -0.15) is 8.42 Å². The van der Waals surface area contributed by atoms with Gasteiger partial charge < -0.3 is 29.5 Å². The van der Waals surface area contributed by atoms with Crippen LogP contribution in [0.4, 0.5) is 9.59 Å². The van der Waals surface area contributed by atoms with Crippen LogP contribution < -0.4 is 59.1 Å². The summed E-state index contributed by atoms with van der Waals surface area (Å²) in [7, 11) is -9.83. The van der Waals surface area contributed by atoms with Gasteiger partial charge in [-0.1, -0.05) is 0 Å². The van der Waals surface area contributed by atoms with Gasteiger partial charge in [-0.25, -0.2) is 9.59 Å². The first-order chi connectivity index (χ1) is 7.46. The zero-order valence-corrected chi connectivity index (χ0v) is 15.4. The number of hydrogen-bond donors (Lipinski definition) is 6. The molecule has 0 bridgehead atoms. The molecule has 14 nitrogen and oxygen atoms in total. The minimum absolute atomic E-state index is 0. The summed E-state index contributed by atoms with van der Waals surface area (Å²) in [6, 6.07) is 0. The van der Waals surface area contributed by atoms with E-state index < -0.39 is 33.1 Å². The van der Waals surface area contributed by atoms with Crippen molar-refractivity contribution in [3.8, 4) is 0 Å². The summed E-state index contributed by atoms with van der Waals surface area (Å²) in [5.74, 6) is 0. The van der Waals surface area contributed by atoms with E-state index in [9.17, 15) is 0 Å². The Bertz CT molecular complexity index is 354. The largest absolute Gasteiger partial charge is 1.00 e. The van der Waals surface area contributed by atoms with Gasteiger partial charge in [-0.05, 0) is 0 Å². The van der Waals surface area contributed by atoms with Crippen molar-refractivity contribution in [2.24, 2.45) is 0 Å². The van der Waals surface area contributed by atoms with E-state index in [1.165, 1.54) is 0 Å². The summed E-state index contributed by atoms with van der Waals surface area (Å²) in [5, 5.41) is 27.9. The number of carbonyl (C=O) groups is 2. The molecule has 0 unspecified atom stereocenters. The first-order valence-electron chi connectivity index (χ1n) is 2.67. The van der Waals surface area contributed by atoms with Crippen molar-refractivity contribution in [2.45, 2.75) is 0 Å². The topological polar surface area (TPSA) is 270 Å². The molecule has 0 aromatic rings. The van der Waals surface area contributed by atoms with Gasteiger partial charge in [0.1, 0.15) is 0 Å². The molecule has 0 saturated carbocycles. The fourth-order valence-electron chi connectivity index (χ4n) is 0. The average molecular weight is 364 g/mol. The molecule has 20 heavy (non-hydrogen) atoms. The van der Waals surface area contributed by atoms with Gasteiger partial charge >= 0.3 is 81.8 Å². The fraction of sp³-hybridized carbons (Fsp3) is 0. The molecule has 112 valence electrons. The molecule has 0 spiro atoms. The van der Waals surface area contributed by atoms with Gasteiger partial charge in [0.2, 0.25) is 0 Å². The summed E-state index contributed by atoms with van der Waals surface area (Å²) < 4.78 is 65.7. The Labute approximate surface area is 156 Å². The van der Waals surface area contributed by atoms with Crippen LogP contribution in [0.1, 0.15) is 0 Å². The van der Waals surface area contributed by atoms with E-state index in [-0.39, 0.29) is 59.1 Å². The first-order valence-corrected chi connectivity index (χ1v) is 5.40. The van der Waals surface area contributed by atoms with Crippen LogP contribution in [0.2, 0.25) is 0 Å². The standard InChI is InChI=1S/2CH2O3.2Na.2H2O4S/c2*2-1(3)4;;;2*1-5(2,3)4/h2*(H2,2,3,4);;;2*(H2,1,2,3,4)/q;;2*+1;;/p-2. The molecule has 0 aromatic carbocycles. The third-order valence-corrected chi connectivity index (χ3v) is 0. The van der Waals surface area contributed by atoms with Crippen molar-refractivity contribution in [2.75, 3.05) is 0 Å². The molecular formula is C2H6Na2O14S2. The van der Waals surface area contributed by atoms with Crippen molar-refractivity contribution >= 4 is 33.1 Å². The molecule has 0 aromatic heterocycles. The van der Waals surface area contributed by atoms with Crippen LogP contribution in [0, 0.1) is 0 Å². The predicted molar refractivity (Wildman–Crippen MR) is 46.0 cm³/mol. The Morgan fingerprint density at radius 2 is 0.700 bits per heavy atom. The fourth-order valence-corrected chi connectivity index (χ4v) is 0. The van der Waals surface area contributed by atoms with E-state index >= 15 is 0 Å². The van der Waals surface area contributed by atoms with E-state index in [0.717, 1.165) is 0 Å². The summed E-state index contributed by atoms with van der Waals surface area (Å²) in [6.07, 6.45) is -3.67. The van der Waals surface area contributed by atoms with Gasteiger partial charge in [0.25, 0.3) is 0 Å². The first kappa shape index (κ1) is 37.0. The van der Waals surface area contributed by atoms with Gasteiger partial charge in [-0.15, -0.1) is 0 Å². The summed E-state index contributed by atoms with van der Waals surface area (Å²) in [5.41, 5.74) is 0. The maximum absolute atomic E-state index is 8.74. The maximum Gasteiger partial charge on any atom is 1.00 e. The molecule has 0 aliphatic carbocycles. The minimum Gasteiger partial charge on any atom is -0.759 e.